The van der Waals surface area contributed by atoms with Gasteiger partial charge in [-0.25, -0.2) is 9.97 Å². The molecule has 0 spiro atoms. The van der Waals surface area contributed by atoms with E-state index in [0.29, 0.717) is 11.5 Å². The molecule has 3 aromatic rings. The fourth-order valence-electron chi connectivity index (χ4n) is 2.36. The lowest BCUT2D eigenvalue weighted by molar-refractivity contribution is 0.0989. The van der Waals surface area contributed by atoms with E-state index in [1.807, 2.05) is 0 Å². The number of hydrogen-bond donors (Lipinski definition) is 2. The molecule has 3 heterocycles. The number of aryl methyl sites for hydroxylation is 1. The zero-order chi connectivity index (χ0) is 17.1. The molecule has 0 aliphatic heterocycles. The average Bonchev–Trinajstić information content (AvgIpc) is 3.22. The van der Waals surface area contributed by atoms with Gasteiger partial charge in [-0.15, -0.1) is 0 Å². The van der Waals surface area contributed by atoms with E-state index in [2.05, 4.69) is 22.2 Å². The SMILES string of the molecule is CCCCc1cc(NC(=O)c2ccco2)n2cnc(C(N)=O)c2n1. The second kappa shape index (κ2) is 6.53. The van der Waals surface area contributed by atoms with Gasteiger partial charge in [0.15, 0.2) is 17.1 Å². The number of hydrogen-bond acceptors (Lipinski definition) is 5. The van der Waals surface area contributed by atoms with Crippen molar-refractivity contribution >= 4 is 23.3 Å². The predicted molar refractivity (Wildman–Crippen MR) is 86.8 cm³/mol. The average molecular weight is 327 g/mol. The van der Waals surface area contributed by atoms with Crippen molar-refractivity contribution in [3.05, 3.63) is 47.9 Å². The monoisotopic (exact) mass is 327 g/mol. The van der Waals surface area contributed by atoms with Crippen molar-refractivity contribution in [2.45, 2.75) is 26.2 Å². The maximum Gasteiger partial charge on any atom is 0.292 e. The minimum absolute atomic E-state index is 0.0712. The highest BCUT2D eigenvalue weighted by Gasteiger charge is 2.17. The van der Waals surface area contributed by atoms with E-state index < -0.39 is 11.8 Å². The number of nitrogens with zero attached hydrogens (tertiary/aromatic N) is 3. The van der Waals surface area contributed by atoms with E-state index in [1.165, 1.54) is 17.0 Å². The summed E-state index contributed by atoms with van der Waals surface area (Å²) in [7, 11) is 0. The van der Waals surface area contributed by atoms with Gasteiger partial charge in [-0.1, -0.05) is 13.3 Å². The number of rotatable bonds is 6. The first-order valence-corrected chi connectivity index (χ1v) is 7.61. The van der Waals surface area contributed by atoms with Crippen LogP contribution in [0.3, 0.4) is 0 Å². The third-order valence-electron chi connectivity index (χ3n) is 3.56. The molecule has 0 saturated heterocycles. The summed E-state index contributed by atoms with van der Waals surface area (Å²) in [4.78, 5) is 32.2. The minimum Gasteiger partial charge on any atom is -0.459 e. The molecule has 124 valence electrons. The van der Waals surface area contributed by atoms with Crippen LogP contribution >= 0.6 is 0 Å². The quantitative estimate of drug-likeness (QED) is 0.718. The lowest BCUT2D eigenvalue weighted by Gasteiger charge is -2.09. The van der Waals surface area contributed by atoms with E-state index in [0.717, 1.165) is 25.0 Å². The van der Waals surface area contributed by atoms with Crippen molar-refractivity contribution < 1.29 is 14.0 Å². The molecule has 24 heavy (non-hydrogen) atoms. The Balaban J connectivity index is 2.04. The summed E-state index contributed by atoms with van der Waals surface area (Å²) in [5.41, 5.74) is 6.49. The lowest BCUT2D eigenvalue weighted by atomic mass is 10.2. The molecule has 3 rings (SSSR count). The molecule has 0 unspecified atom stereocenters. The molecule has 0 bridgehead atoms. The predicted octanol–water partition coefficient (Wildman–Crippen LogP) is 2.02. The Bertz CT molecular complexity index is 883. The third-order valence-corrected chi connectivity index (χ3v) is 3.56. The van der Waals surface area contributed by atoms with Crippen LogP contribution in [0.5, 0.6) is 0 Å². The fraction of sp³-hybridized carbons (Fsp3) is 0.250. The van der Waals surface area contributed by atoms with Crippen LogP contribution in [-0.2, 0) is 6.42 Å². The number of imidazole rings is 1. The van der Waals surface area contributed by atoms with Crippen LogP contribution in [0.1, 0.15) is 46.5 Å². The zero-order valence-electron chi connectivity index (χ0n) is 13.2. The van der Waals surface area contributed by atoms with Gasteiger partial charge in [0.1, 0.15) is 12.1 Å². The van der Waals surface area contributed by atoms with Crippen LogP contribution < -0.4 is 11.1 Å². The van der Waals surface area contributed by atoms with E-state index in [9.17, 15) is 9.59 Å². The van der Waals surface area contributed by atoms with Gasteiger partial charge in [-0.2, -0.15) is 0 Å². The topological polar surface area (TPSA) is 116 Å². The normalized spacial score (nSPS) is 10.9. The van der Waals surface area contributed by atoms with Gasteiger partial charge in [-0.3, -0.25) is 14.0 Å². The summed E-state index contributed by atoms with van der Waals surface area (Å²) in [6.07, 6.45) is 5.49. The number of fused-ring (bicyclic) bond motifs is 1. The highest BCUT2D eigenvalue weighted by atomic mass is 16.3. The smallest absolute Gasteiger partial charge is 0.292 e. The summed E-state index contributed by atoms with van der Waals surface area (Å²) < 4.78 is 6.62. The zero-order valence-corrected chi connectivity index (χ0v) is 13.2. The van der Waals surface area contributed by atoms with Crippen LogP contribution in [0.2, 0.25) is 0 Å². The molecule has 8 nitrogen and oxygen atoms in total. The van der Waals surface area contributed by atoms with Crippen LogP contribution in [0, 0.1) is 0 Å². The van der Waals surface area contributed by atoms with E-state index in [-0.39, 0.29) is 11.5 Å². The number of aromatic nitrogens is 3. The highest BCUT2D eigenvalue weighted by molar-refractivity contribution is 6.02. The van der Waals surface area contributed by atoms with Crippen molar-refractivity contribution in [2.75, 3.05) is 5.32 Å². The highest BCUT2D eigenvalue weighted by Crippen LogP contribution is 2.18. The van der Waals surface area contributed by atoms with Crippen molar-refractivity contribution in [1.29, 1.82) is 0 Å². The van der Waals surface area contributed by atoms with Gasteiger partial charge < -0.3 is 15.5 Å². The molecule has 8 heteroatoms. The first-order chi connectivity index (χ1) is 11.6. The molecule has 0 aliphatic carbocycles. The Morgan fingerprint density at radius 1 is 1.42 bits per heavy atom. The van der Waals surface area contributed by atoms with Crippen LogP contribution in [-0.4, -0.2) is 26.2 Å². The molecule has 0 saturated carbocycles. The molecule has 3 aromatic heterocycles. The van der Waals surface area contributed by atoms with Crippen molar-refractivity contribution in [3.8, 4) is 0 Å². The Labute approximate surface area is 137 Å². The number of carbonyl (C=O) groups excluding carboxylic acids is 2. The molecular formula is C16H17N5O3. The molecule has 2 amide bonds. The second-order valence-electron chi connectivity index (χ2n) is 5.32. The fourth-order valence-corrected chi connectivity index (χ4v) is 2.36. The number of amides is 2. The first kappa shape index (κ1) is 15.7. The second-order valence-corrected chi connectivity index (χ2v) is 5.32. The number of furan rings is 1. The number of primary amides is 1. The summed E-state index contributed by atoms with van der Waals surface area (Å²) in [6.45, 7) is 2.08. The number of unbranched alkanes of at least 4 members (excludes halogenated alkanes) is 1. The minimum atomic E-state index is -0.666. The van der Waals surface area contributed by atoms with Crippen LogP contribution in [0.25, 0.3) is 5.65 Å². The first-order valence-electron chi connectivity index (χ1n) is 7.61. The summed E-state index contributed by atoms with van der Waals surface area (Å²) in [5.74, 6) is -0.429. The van der Waals surface area contributed by atoms with Crippen LogP contribution in [0.15, 0.2) is 35.2 Å². The molecule has 0 aliphatic rings. The standard InChI is InChI=1S/C16H17N5O3/c1-2-3-5-10-8-12(20-16(23)11-6-4-7-24-11)21-9-18-13(14(17)22)15(21)19-10/h4,6-9H,2-3,5H2,1H3,(H2,17,22)(H,20,23). The summed E-state index contributed by atoms with van der Waals surface area (Å²) in [5, 5.41) is 2.75. The number of nitrogens with two attached hydrogens (primary N) is 1. The molecule has 0 radical (unpaired) electrons. The van der Waals surface area contributed by atoms with Gasteiger partial charge in [0, 0.05) is 11.8 Å². The van der Waals surface area contributed by atoms with E-state index in [4.69, 9.17) is 10.2 Å². The molecule has 0 atom stereocenters. The van der Waals surface area contributed by atoms with Gasteiger partial charge in [-0.05, 0) is 25.0 Å². The van der Waals surface area contributed by atoms with Crippen molar-refractivity contribution in [3.63, 3.8) is 0 Å². The van der Waals surface area contributed by atoms with Gasteiger partial charge in [0.25, 0.3) is 11.8 Å². The third kappa shape index (κ3) is 2.98. The molecule has 0 fully saturated rings. The number of nitrogens with one attached hydrogen (secondary N) is 1. The summed E-state index contributed by atoms with van der Waals surface area (Å²) >= 11 is 0. The Hall–Kier alpha value is -3.16. The maximum absolute atomic E-state index is 12.2. The summed E-state index contributed by atoms with van der Waals surface area (Å²) in [6, 6.07) is 4.95. The van der Waals surface area contributed by atoms with Crippen molar-refractivity contribution in [1.82, 2.24) is 14.4 Å². The van der Waals surface area contributed by atoms with Gasteiger partial charge in [0.05, 0.1) is 6.26 Å². The Morgan fingerprint density at radius 3 is 2.92 bits per heavy atom. The van der Waals surface area contributed by atoms with Crippen LogP contribution in [0.4, 0.5) is 5.82 Å². The number of carbonyl (C=O) groups is 2. The van der Waals surface area contributed by atoms with Crippen molar-refractivity contribution in [2.24, 2.45) is 5.73 Å². The van der Waals surface area contributed by atoms with Gasteiger partial charge in [0.2, 0.25) is 0 Å². The van der Waals surface area contributed by atoms with E-state index in [1.54, 1.807) is 18.2 Å². The molecule has 3 N–H and O–H groups in total. The maximum atomic E-state index is 12.2. The largest absolute Gasteiger partial charge is 0.459 e. The van der Waals surface area contributed by atoms with E-state index >= 15 is 0 Å². The lowest BCUT2D eigenvalue weighted by Crippen LogP contribution is -2.16. The number of anilines is 1. The van der Waals surface area contributed by atoms with Gasteiger partial charge >= 0.3 is 0 Å². The Kier molecular flexibility index (Phi) is 4.28. The Morgan fingerprint density at radius 2 is 2.25 bits per heavy atom. The molecule has 0 aromatic carbocycles. The molecular weight excluding hydrogens is 310 g/mol.